The number of Topliss-reactive ketones (excluding diaryl/α,β-unsaturated/α-hetero) is 1. The van der Waals surface area contributed by atoms with Crippen LogP contribution in [0.4, 0.5) is 0 Å². The van der Waals surface area contributed by atoms with Crippen LogP contribution in [0.3, 0.4) is 0 Å². The van der Waals surface area contributed by atoms with Crippen LogP contribution in [0.5, 0.6) is 0 Å². The van der Waals surface area contributed by atoms with Gasteiger partial charge in [-0.2, -0.15) is 0 Å². The van der Waals surface area contributed by atoms with Crippen molar-refractivity contribution in [1.29, 1.82) is 0 Å². The summed E-state index contributed by atoms with van der Waals surface area (Å²) >= 11 is 3.38. The topological polar surface area (TPSA) is 26.3 Å². The number of rotatable bonds is 5. The van der Waals surface area contributed by atoms with E-state index in [1.807, 2.05) is 54.6 Å². The fourth-order valence-electron chi connectivity index (χ4n) is 1.71. The summed E-state index contributed by atoms with van der Waals surface area (Å²) in [5, 5.41) is 0. The number of ether oxygens (including phenoxy) is 1. The van der Waals surface area contributed by atoms with E-state index in [0.717, 1.165) is 10.0 Å². The van der Waals surface area contributed by atoms with Crippen LogP contribution in [0.1, 0.15) is 22.8 Å². The lowest BCUT2D eigenvalue weighted by Crippen LogP contribution is -2.20. The van der Waals surface area contributed by atoms with Gasteiger partial charge in [-0.05, 0) is 24.6 Å². The summed E-state index contributed by atoms with van der Waals surface area (Å²) in [7, 11) is 0. The van der Waals surface area contributed by atoms with Gasteiger partial charge in [0.15, 0.2) is 5.78 Å². The lowest BCUT2D eigenvalue weighted by Gasteiger charge is -2.12. The lowest BCUT2D eigenvalue weighted by molar-refractivity contribution is 0.0412. The van der Waals surface area contributed by atoms with Crippen LogP contribution in [0.25, 0.3) is 0 Å². The molecular formula is C16H15BrO2. The van der Waals surface area contributed by atoms with E-state index in [1.165, 1.54) is 0 Å². The minimum atomic E-state index is -0.439. The predicted octanol–water partition coefficient (Wildman–Crippen LogP) is 4.24. The van der Waals surface area contributed by atoms with Gasteiger partial charge >= 0.3 is 0 Å². The van der Waals surface area contributed by atoms with Gasteiger partial charge in [-0.3, -0.25) is 4.79 Å². The predicted molar refractivity (Wildman–Crippen MR) is 79.2 cm³/mol. The van der Waals surface area contributed by atoms with E-state index in [1.54, 1.807) is 6.92 Å². The van der Waals surface area contributed by atoms with E-state index >= 15 is 0 Å². The van der Waals surface area contributed by atoms with Crippen molar-refractivity contribution in [2.75, 3.05) is 0 Å². The van der Waals surface area contributed by atoms with E-state index in [9.17, 15) is 4.79 Å². The standard InChI is InChI=1S/C16H15BrO2/c1-12(16(18)14-5-3-2-4-6-14)19-11-13-7-9-15(17)10-8-13/h2-10,12H,11H2,1H3. The highest BCUT2D eigenvalue weighted by molar-refractivity contribution is 9.10. The van der Waals surface area contributed by atoms with Crippen molar-refractivity contribution in [1.82, 2.24) is 0 Å². The van der Waals surface area contributed by atoms with Gasteiger partial charge in [0.25, 0.3) is 0 Å². The average molecular weight is 319 g/mol. The molecule has 2 rings (SSSR count). The maximum Gasteiger partial charge on any atom is 0.191 e. The normalized spacial score (nSPS) is 12.1. The highest BCUT2D eigenvalue weighted by atomic mass is 79.9. The molecule has 0 radical (unpaired) electrons. The summed E-state index contributed by atoms with van der Waals surface area (Å²) in [5.41, 5.74) is 1.74. The number of carbonyl (C=O) groups excluding carboxylic acids is 1. The van der Waals surface area contributed by atoms with Crippen LogP contribution < -0.4 is 0 Å². The van der Waals surface area contributed by atoms with Crippen molar-refractivity contribution in [3.8, 4) is 0 Å². The Morgan fingerprint density at radius 2 is 1.74 bits per heavy atom. The SMILES string of the molecule is CC(OCc1ccc(Br)cc1)C(=O)c1ccccc1. The first-order valence-corrected chi connectivity index (χ1v) is 6.91. The molecule has 0 N–H and O–H groups in total. The van der Waals surface area contributed by atoms with Crippen LogP contribution in [0.15, 0.2) is 59.1 Å². The van der Waals surface area contributed by atoms with Gasteiger partial charge in [0.2, 0.25) is 0 Å². The van der Waals surface area contributed by atoms with Crippen LogP contribution in [0, 0.1) is 0 Å². The fraction of sp³-hybridized carbons (Fsp3) is 0.188. The molecule has 0 amide bonds. The monoisotopic (exact) mass is 318 g/mol. The molecule has 0 aromatic heterocycles. The second-order valence-corrected chi connectivity index (χ2v) is 5.23. The number of hydrogen-bond donors (Lipinski definition) is 0. The maximum atomic E-state index is 12.1. The molecule has 1 atom stereocenters. The number of hydrogen-bond acceptors (Lipinski definition) is 2. The number of halogens is 1. The summed E-state index contributed by atoms with van der Waals surface area (Å²) in [6.07, 6.45) is -0.439. The van der Waals surface area contributed by atoms with E-state index in [4.69, 9.17) is 4.74 Å². The zero-order valence-corrected chi connectivity index (χ0v) is 12.3. The molecule has 0 saturated heterocycles. The molecule has 1 unspecified atom stereocenters. The van der Waals surface area contributed by atoms with Crippen LogP contribution in [-0.2, 0) is 11.3 Å². The lowest BCUT2D eigenvalue weighted by atomic mass is 10.1. The van der Waals surface area contributed by atoms with Crippen molar-refractivity contribution in [2.24, 2.45) is 0 Å². The molecular weight excluding hydrogens is 304 g/mol. The molecule has 2 nitrogen and oxygen atoms in total. The third-order valence-electron chi connectivity index (χ3n) is 2.84. The molecule has 0 aliphatic rings. The second kappa shape index (κ2) is 6.64. The van der Waals surface area contributed by atoms with Crippen molar-refractivity contribution in [3.63, 3.8) is 0 Å². The van der Waals surface area contributed by atoms with Crippen molar-refractivity contribution >= 4 is 21.7 Å². The first kappa shape index (κ1) is 14.0. The Kier molecular flexibility index (Phi) is 4.88. The van der Waals surface area contributed by atoms with E-state index in [2.05, 4.69) is 15.9 Å². The number of carbonyl (C=O) groups is 1. The third-order valence-corrected chi connectivity index (χ3v) is 3.37. The first-order valence-electron chi connectivity index (χ1n) is 6.12. The van der Waals surface area contributed by atoms with Gasteiger partial charge in [-0.1, -0.05) is 58.4 Å². The smallest absolute Gasteiger partial charge is 0.191 e. The molecule has 0 fully saturated rings. The Balaban J connectivity index is 1.92. The van der Waals surface area contributed by atoms with Gasteiger partial charge in [0, 0.05) is 10.0 Å². The Bertz CT molecular complexity index is 534. The largest absolute Gasteiger partial charge is 0.366 e. The van der Waals surface area contributed by atoms with Crippen molar-refractivity contribution in [3.05, 3.63) is 70.2 Å². The van der Waals surface area contributed by atoms with Crippen LogP contribution in [-0.4, -0.2) is 11.9 Å². The summed E-state index contributed by atoms with van der Waals surface area (Å²) in [6, 6.07) is 17.1. The van der Waals surface area contributed by atoms with E-state index in [-0.39, 0.29) is 5.78 Å². The maximum absolute atomic E-state index is 12.1. The molecule has 19 heavy (non-hydrogen) atoms. The molecule has 0 spiro atoms. The van der Waals surface area contributed by atoms with Gasteiger partial charge in [-0.25, -0.2) is 0 Å². The van der Waals surface area contributed by atoms with Gasteiger partial charge in [0.1, 0.15) is 6.10 Å². The molecule has 3 heteroatoms. The van der Waals surface area contributed by atoms with E-state index in [0.29, 0.717) is 12.2 Å². The van der Waals surface area contributed by atoms with Gasteiger partial charge < -0.3 is 4.74 Å². The summed E-state index contributed by atoms with van der Waals surface area (Å²) in [4.78, 5) is 12.1. The molecule has 0 aliphatic carbocycles. The minimum Gasteiger partial charge on any atom is -0.366 e. The molecule has 0 bridgehead atoms. The Morgan fingerprint density at radius 1 is 1.11 bits per heavy atom. The van der Waals surface area contributed by atoms with Crippen molar-refractivity contribution in [2.45, 2.75) is 19.6 Å². The van der Waals surface area contributed by atoms with Crippen molar-refractivity contribution < 1.29 is 9.53 Å². The summed E-state index contributed by atoms with van der Waals surface area (Å²) < 4.78 is 6.65. The first-order chi connectivity index (χ1) is 9.16. The fourth-order valence-corrected chi connectivity index (χ4v) is 1.98. The zero-order valence-electron chi connectivity index (χ0n) is 10.7. The molecule has 0 saturated carbocycles. The van der Waals surface area contributed by atoms with E-state index < -0.39 is 6.10 Å². The van der Waals surface area contributed by atoms with Crippen LogP contribution >= 0.6 is 15.9 Å². The zero-order chi connectivity index (χ0) is 13.7. The molecule has 2 aromatic rings. The highest BCUT2D eigenvalue weighted by Crippen LogP contribution is 2.13. The van der Waals surface area contributed by atoms with Gasteiger partial charge in [0.05, 0.1) is 6.61 Å². The summed E-state index contributed by atoms with van der Waals surface area (Å²) in [6.45, 7) is 2.22. The quantitative estimate of drug-likeness (QED) is 0.771. The average Bonchev–Trinajstić information content (AvgIpc) is 2.46. The number of benzene rings is 2. The minimum absolute atomic E-state index is 0.0118. The van der Waals surface area contributed by atoms with Crippen LogP contribution in [0.2, 0.25) is 0 Å². The Morgan fingerprint density at radius 3 is 2.37 bits per heavy atom. The second-order valence-electron chi connectivity index (χ2n) is 4.31. The molecule has 0 heterocycles. The van der Waals surface area contributed by atoms with Gasteiger partial charge in [-0.15, -0.1) is 0 Å². The third kappa shape index (κ3) is 4.01. The Labute approximate surface area is 121 Å². The Hall–Kier alpha value is -1.45. The highest BCUT2D eigenvalue weighted by Gasteiger charge is 2.15. The summed E-state index contributed by atoms with van der Waals surface area (Å²) in [5.74, 6) is 0.0118. The molecule has 0 aliphatic heterocycles. The molecule has 2 aromatic carbocycles. The number of ketones is 1. The molecule has 98 valence electrons.